The van der Waals surface area contributed by atoms with E-state index in [4.69, 9.17) is 39.0 Å². The number of hydrogen-bond donors (Lipinski definition) is 3. The number of halogens is 1. The highest BCUT2D eigenvalue weighted by Gasteiger charge is 2.31. The molecule has 1 aliphatic rings. The van der Waals surface area contributed by atoms with Gasteiger partial charge in [0.15, 0.2) is 11.0 Å². The highest BCUT2D eigenvalue weighted by atomic mass is 35.5. The smallest absolute Gasteiger partial charge is 0.262 e. The van der Waals surface area contributed by atoms with Gasteiger partial charge in [-0.1, -0.05) is 35.9 Å². The Hall–Kier alpha value is -3.85. The van der Waals surface area contributed by atoms with Crippen LogP contribution < -0.4 is 20.8 Å². The number of alkyl halides is 1. The summed E-state index contributed by atoms with van der Waals surface area (Å²) in [6.07, 6.45) is 0.562. The number of aromatic amines is 1. The van der Waals surface area contributed by atoms with E-state index in [1.165, 1.54) is 10.6 Å². The maximum absolute atomic E-state index is 12.8. The Morgan fingerprint density at radius 3 is 2.53 bits per heavy atom. The zero-order valence-corrected chi connectivity index (χ0v) is 20.7. The molecule has 0 amide bonds. The van der Waals surface area contributed by atoms with Crippen molar-refractivity contribution in [2.24, 2.45) is 5.73 Å². The molecule has 7 nitrogen and oxygen atoms in total. The molecule has 36 heavy (non-hydrogen) atoms. The first-order valence-corrected chi connectivity index (χ1v) is 12.0. The molecule has 0 bridgehead atoms. The predicted octanol–water partition coefficient (Wildman–Crippen LogP) is 5.74. The second kappa shape index (κ2) is 9.66. The number of fused-ring (bicyclic) bond motifs is 1. The summed E-state index contributed by atoms with van der Waals surface area (Å²) >= 11 is 12.1. The van der Waals surface area contributed by atoms with Gasteiger partial charge >= 0.3 is 0 Å². The molecule has 4 N–H and O–H groups in total. The second-order valence-electron chi connectivity index (χ2n) is 8.33. The second-order valence-corrected chi connectivity index (χ2v) is 9.15. The van der Waals surface area contributed by atoms with Crippen LogP contribution in [0.5, 0.6) is 23.1 Å². The van der Waals surface area contributed by atoms with E-state index in [1.807, 2.05) is 55.5 Å². The Balaban J connectivity index is 1.53. The van der Waals surface area contributed by atoms with Gasteiger partial charge in [0.25, 0.3) is 5.56 Å². The van der Waals surface area contributed by atoms with Crippen molar-refractivity contribution in [2.45, 2.75) is 18.5 Å². The number of benzene rings is 3. The maximum Gasteiger partial charge on any atom is 0.262 e. The number of H-pyrrole nitrogens is 1. The molecule has 2 atom stereocenters. The molecule has 182 valence electrons. The zero-order chi connectivity index (χ0) is 25.4. The van der Waals surface area contributed by atoms with Crippen LogP contribution in [0.4, 0.5) is 0 Å². The summed E-state index contributed by atoms with van der Waals surface area (Å²) in [6.45, 7) is 1.94. The lowest BCUT2D eigenvalue weighted by atomic mass is 9.96. The van der Waals surface area contributed by atoms with E-state index in [2.05, 4.69) is 4.98 Å². The SMILES string of the molecule is Cc1ccc2c(c1)C(Cl)C(=Cc1c(O)n(-c3ccc(Oc4ccccc4)cc3)c(=S)[nH]c1=O)C(N)O2. The molecule has 9 heteroatoms. The van der Waals surface area contributed by atoms with Gasteiger partial charge in [-0.2, -0.15) is 0 Å². The number of ether oxygens (including phenoxy) is 2. The fourth-order valence-corrected chi connectivity index (χ4v) is 4.66. The van der Waals surface area contributed by atoms with Crippen molar-refractivity contribution in [3.05, 3.63) is 110 Å². The van der Waals surface area contributed by atoms with E-state index >= 15 is 0 Å². The lowest BCUT2D eigenvalue weighted by molar-refractivity contribution is 0.227. The number of para-hydroxylation sites is 1. The van der Waals surface area contributed by atoms with Crippen molar-refractivity contribution in [1.29, 1.82) is 0 Å². The van der Waals surface area contributed by atoms with Gasteiger partial charge in [0.1, 0.15) is 22.8 Å². The van der Waals surface area contributed by atoms with Gasteiger partial charge in [0, 0.05) is 11.1 Å². The van der Waals surface area contributed by atoms with Crippen molar-refractivity contribution in [2.75, 3.05) is 0 Å². The lowest BCUT2D eigenvalue weighted by Gasteiger charge is -2.30. The molecular weight excluding hydrogens is 498 g/mol. The normalized spacial score (nSPS) is 17.9. The van der Waals surface area contributed by atoms with E-state index in [0.717, 1.165) is 11.1 Å². The largest absolute Gasteiger partial charge is 0.494 e. The Bertz CT molecular complexity index is 1580. The van der Waals surface area contributed by atoms with E-state index < -0.39 is 17.2 Å². The van der Waals surface area contributed by atoms with Crippen LogP contribution in [0.1, 0.15) is 22.1 Å². The minimum Gasteiger partial charge on any atom is -0.494 e. The Kier molecular flexibility index (Phi) is 6.40. The van der Waals surface area contributed by atoms with E-state index in [-0.39, 0.29) is 16.2 Å². The quantitative estimate of drug-likeness (QED) is 0.234. The molecule has 1 aromatic heterocycles. The molecule has 0 spiro atoms. The summed E-state index contributed by atoms with van der Waals surface area (Å²) in [7, 11) is 0. The van der Waals surface area contributed by atoms with Gasteiger partial charge in [-0.05, 0) is 67.7 Å². The van der Waals surface area contributed by atoms with Crippen LogP contribution in [0.3, 0.4) is 0 Å². The molecule has 2 heterocycles. The molecule has 5 rings (SSSR count). The van der Waals surface area contributed by atoms with Gasteiger partial charge in [-0.3, -0.25) is 20.1 Å². The summed E-state index contributed by atoms with van der Waals surface area (Å²) in [5.74, 6) is 1.53. The van der Waals surface area contributed by atoms with Gasteiger partial charge in [-0.25, -0.2) is 0 Å². The fraction of sp³-hybridized carbons (Fsp3) is 0.111. The monoisotopic (exact) mass is 519 g/mol. The maximum atomic E-state index is 12.8. The first kappa shape index (κ1) is 23.9. The van der Waals surface area contributed by atoms with Crippen LogP contribution in [-0.2, 0) is 0 Å². The van der Waals surface area contributed by atoms with Crippen LogP contribution in [0.25, 0.3) is 11.8 Å². The van der Waals surface area contributed by atoms with E-state index in [0.29, 0.717) is 28.5 Å². The molecule has 0 aliphatic carbocycles. The van der Waals surface area contributed by atoms with Gasteiger partial charge in [-0.15, -0.1) is 11.6 Å². The van der Waals surface area contributed by atoms with Crippen molar-refractivity contribution in [3.63, 3.8) is 0 Å². The number of rotatable bonds is 4. The zero-order valence-electron chi connectivity index (χ0n) is 19.1. The molecule has 2 unspecified atom stereocenters. The lowest BCUT2D eigenvalue weighted by Crippen LogP contribution is -2.35. The molecule has 0 saturated carbocycles. The molecule has 0 radical (unpaired) electrons. The molecule has 0 saturated heterocycles. The number of nitrogens with two attached hydrogens (primary N) is 1. The average molecular weight is 520 g/mol. The molecule has 1 aliphatic heterocycles. The fourth-order valence-electron chi connectivity index (χ4n) is 4.02. The number of aromatic hydroxyl groups is 1. The third kappa shape index (κ3) is 4.54. The number of aryl methyl sites for hydroxylation is 1. The van der Waals surface area contributed by atoms with Crippen LogP contribution in [-0.4, -0.2) is 20.9 Å². The summed E-state index contributed by atoms with van der Waals surface area (Å²) in [5, 5.41) is 10.5. The van der Waals surface area contributed by atoms with Crippen LogP contribution in [0.2, 0.25) is 0 Å². The minimum absolute atomic E-state index is 0.0314. The highest BCUT2D eigenvalue weighted by Crippen LogP contribution is 2.42. The Labute approximate surface area is 217 Å². The molecule has 3 aromatic carbocycles. The minimum atomic E-state index is -0.896. The standard InChI is InChI=1S/C27H22ClN3O4S/c1-15-7-12-22-19(13-15)23(28)20(24(29)35-22)14-21-25(32)30-27(36)31(26(21)33)16-8-10-18(11-9-16)34-17-5-3-2-4-6-17/h2-14,23-24,33H,29H2,1H3,(H,30,32,36). The third-order valence-corrected chi connectivity index (χ3v) is 6.59. The summed E-state index contributed by atoms with van der Waals surface area (Å²) in [6, 6.07) is 21.9. The number of nitrogens with one attached hydrogen (secondary N) is 1. The van der Waals surface area contributed by atoms with E-state index in [9.17, 15) is 9.90 Å². The van der Waals surface area contributed by atoms with Crippen molar-refractivity contribution < 1.29 is 14.6 Å². The third-order valence-electron chi connectivity index (χ3n) is 5.82. The molecule has 0 fully saturated rings. The van der Waals surface area contributed by atoms with Crippen LogP contribution >= 0.6 is 23.8 Å². The summed E-state index contributed by atoms with van der Waals surface area (Å²) < 4.78 is 13.0. The number of hydrogen-bond acceptors (Lipinski definition) is 6. The van der Waals surface area contributed by atoms with Crippen molar-refractivity contribution >= 4 is 29.9 Å². The van der Waals surface area contributed by atoms with Gasteiger partial charge in [0.2, 0.25) is 5.88 Å². The molecule has 4 aromatic rings. The predicted molar refractivity (Wildman–Crippen MR) is 142 cm³/mol. The van der Waals surface area contributed by atoms with E-state index in [1.54, 1.807) is 24.3 Å². The summed E-state index contributed by atoms with van der Waals surface area (Å²) in [4.78, 5) is 15.4. The average Bonchev–Trinajstić information content (AvgIpc) is 2.85. The van der Waals surface area contributed by atoms with Crippen molar-refractivity contribution in [1.82, 2.24) is 9.55 Å². The number of nitrogens with zero attached hydrogens (tertiary/aromatic N) is 1. The summed E-state index contributed by atoms with van der Waals surface area (Å²) in [5.41, 5.74) is 8.32. The van der Waals surface area contributed by atoms with Crippen molar-refractivity contribution in [3.8, 4) is 28.8 Å². The number of aromatic nitrogens is 2. The Morgan fingerprint density at radius 2 is 1.81 bits per heavy atom. The van der Waals surface area contributed by atoms with Crippen LogP contribution in [0.15, 0.2) is 83.2 Å². The van der Waals surface area contributed by atoms with Gasteiger partial charge in [0.05, 0.1) is 11.1 Å². The topological polar surface area (TPSA) is 102 Å². The Morgan fingerprint density at radius 1 is 1.11 bits per heavy atom. The van der Waals surface area contributed by atoms with Crippen LogP contribution in [0, 0.1) is 11.7 Å². The first-order valence-electron chi connectivity index (χ1n) is 11.1. The van der Waals surface area contributed by atoms with Gasteiger partial charge < -0.3 is 14.6 Å². The highest BCUT2D eigenvalue weighted by molar-refractivity contribution is 7.71. The first-order chi connectivity index (χ1) is 17.3. The molecular formula is C27H22ClN3O4S.